The monoisotopic (exact) mass is 439 g/mol. The molecule has 0 bridgehead atoms. The third-order valence-electron chi connectivity index (χ3n) is 4.03. The molecule has 0 aliphatic heterocycles. The van der Waals surface area contributed by atoms with Crippen LogP contribution in [0.2, 0.25) is 0 Å². The van der Waals surface area contributed by atoms with Gasteiger partial charge in [0.15, 0.2) is 6.10 Å². The zero-order valence-electron chi connectivity index (χ0n) is 17.5. The quantitative estimate of drug-likeness (QED) is 0.234. The predicted octanol–water partition coefficient (Wildman–Crippen LogP) is 3.29. The Morgan fingerprint density at radius 2 is 1.56 bits per heavy atom. The van der Waals surface area contributed by atoms with E-state index in [0.717, 1.165) is 23.3 Å². The molecule has 0 radical (unpaired) electrons. The van der Waals surface area contributed by atoms with Gasteiger partial charge in [0, 0.05) is 17.7 Å². The summed E-state index contributed by atoms with van der Waals surface area (Å²) in [5.74, 6) is -0.674. The van der Waals surface area contributed by atoms with Crippen LogP contribution in [0.3, 0.4) is 0 Å². The number of rotatable bonds is 12. The molecule has 0 aliphatic carbocycles. The Morgan fingerprint density at radius 3 is 2.28 bits per heavy atom. The maximum absolute atomic E-state index is 11.8. The van der Waals surface area contributed by atoms with E-state index in [1.165, 1.54) is 0 Å². The molecular weight excluding hydrogens is 414 g/mol. The van der Waals surface area contributed by atoms with E-state index in [-0.39, 0.29) is 26.4 Å². The van der Waals surface area contributed by atoms with E-state index >= 15 is 0 Å². The Labute approximate surface area is 186 Å². The van der Waals surface area contributed by atoms with Gasteiger partial charge in [-0.05, 0) is 11.6 Å². The summed E-state index contributed by atoms with van der Waals surface area (Å²) in [5, 5.41) is 2.42. The maximum atomic E-state index is 11.8. The molecule has 1 amide bonds. The Balaban J connectivity index is 1.92. The van der Waals surface area contributed by atoms with Crippen molar-refractivity contribution in [3.8, 4) is 16.9 Å². The SMILES string of the molecule is C=CC(=O)OCCNC(=O)OCC(COc1ccccc1-c1ccccc1)OC(=O)C=C. The minimum absolute atomic E-state index is 0.0335. The molecule has 0 heterocycles. The summed E-state index contributed by atoms with van der Waals surface area (Å²) >= 11 is 0. The smallest absolute Gasteiger partial charge is 0.407 e. The first kappa shape index (κ1) is 24.2. The Kier molecular flexibility index (Phi) is 10.0. The highest BCUT2D eigenvalue weighted by molar-refractivity contribution is 5.81. The van der Waals surface area contributed by atoms with Crippen molar-refractivity contribution in [2.45, 2.75) is 6.10 Å². The number of carbonyl (C=O) groups is 3. The highest BCUT2D eigenvalue weighted by atomic mass is 16.6. The van der Waals surface area contributed by atoms with Gasteiger partial charge in [0.1, 0.15) is 25.6 Å². The fourth-order valence-corrected chi connectivity index (χ4v) is 2.54. The Morgan fingerprint density at radius 1 is 0.875 bits per heavy atom. The molecule has 1 N–H and O–H groups in total. The summed E-state index contributed by atoms with van der Waals surface area (Å²) in [7, 11) is 0. The number of esters is 2. The number of hydrogen-bond donors (Lipinski definition) is 1. The van der Waals surface area contributed by atoms with Gasteiger partial charge < -0.3 is 24.3 Å². The van der Waals surface area contributed by atoms with E-state index in [1.807, 2.05) is 48.5 Å². The van der Waals surface area contributed by atoms with E-state index in [4.69, 9.17) is 18.9 Å². The minimum atomic E-state index is -0.867. The van der Waals surface area contributed by atoms with Crippen LogP contribution in [0.4, 0.5) is 4.79 Å². The van der Waals surface area contributed by atoms with Crippen LogP contribution in [0.5, 0.6) is 5.75 Å². The summed E-state index contributed by atoms with van der Waals surface area (Å²) in [5.41, 5.74) is 1.84. The van der Waals surface area contributed by atoms with E-state index in [9.17, 15) is 14.4 Å². The topological polar surface area (TPSA) is 100 Å². The average molecular weight is 439 g/mol. The largest absolute Gasteiger partial charge is 0.489 e. The lowest BCUT2D eigenvalue weighted by Crippen LogP contribution is -2.34. The number of nitrogens with one attached hydrogen (secondary N) is 1. The first-order valence-electron chi connectivity index (χ1n) is 9.83. The molecule has 0 saturated heterocycles. The Bertz CT molecular complexity index is 927. The molecule has 8 nitrogen and oxygen atoms in total. The predicted molar refractivity (Wildman–Crippen MR) is 118 cm³/mol. The minimum Gasteiger partial charge on any atom is -0.489 e. The van der Waals surface area contributed by atoms with Gasteiger partial charge in [-0.2, -0.15) is 0 Å². The second-order valence-electron chi connectivity index (χ2n) is 6.33. The lowest BCUT2D eigenvalue weighted by atomic mass is 10.1. The van der Waals surface area contributed by atoms with Crippen LogP contribution in [0, 0.1) is 0 Å². The zero-order valence-corrected chi connectivity index (χ0v) is 17.5. The second-order valence-corrected chi connectivity index (χ2v) is 6.33. The molecule has 0 fully saturated rings. The molecule has 2 aromatic carbocycles. The van der Waals surface area contributed by atoms with Crippen molar-refractivity contribution in [3.05, 3.63) is 79.9 Å². The third-order valence-corrected chi connectivity index (χ3v) is 4.03. The molecule has 1 unspecified atom stereocenters. The number of alkyl carbamates (subject to hydrolysis) is 1. The van der Waals surface area contributed by atoms with Crippen molar-refractivity contribution in [1.82, 2.24) is 5.32 Å². The van der Waals surface area contributed by atoms with Crippen LogP contribution >= 0.6 is 0 Å². The molecule has 0 spiro atoms. The molecule has 1 atom stereocenters. The van der Waals surface area contributed by atoms with Crippen molar-refractivity contribution >= 4 is 18.0 Å². The number of amides is 1. The fraction of sp³-hybridized carbons (Fsp3) is 0.208. The zero-order chi connectivity index (χ0) is 23.2. The van der Waals surface area contributed by atoms with Crippen LogP contribution in [-0.2, 0) is 23.8 Å². The molecule has 168 valence electrons. The summed E-state index contributed by atoms with van der Waals surface area (Å²) < 4.78 is 20.9. The molecule has 0 aliphatic rings. The third kappa shape index (κ3) is 8.35. The van der Waals surface area contributed by atoms with E-state index in [0.29, 0.717) is 5.75 Å². The van der Waals surface area contributed by atoms with Crippen LogP contribution in [0.15, 0.2) is 79.9 Å². The number of hydrogen-bond acceptors (Lipinski definition) is 7. The van der Waals surface area contributed by atoms with Crippen molar-refractivity contribution in [3.63, 3.8) is 0 Å². The van der Waals surface area contributed by atoms with Crippen molar-refractivity contribution in [1.29, 1.82) is 0 Å². The Hall–Kier alpha value is -4.07. The number of para-hydroxylation sites is 1. The average Bonchev–Trinajstić information content (AvgIpc) is 2.83. The second kappa shape index (κ2) is 13.3. The number of ether oxygens (including phenoxy) is 4. The van der Waals surface area contributed by atoms with Crippen LogP contribution in [0.25, 0.3) is 11.1 Å². The van der Waals surface area contributed by atoms with Crippen LogP contribution in [0.1, 0.15) is 0 Å². The molecule has 0 aromatic heterocycles. The van der Waals surface area contributed by atoms with E-state index in [2.05, 4.69) is 18.5 Å². The fourth-order valence-electron chi connectivity index (χ4n) is 2.54. The first-order chi connectivity index (χ1) is 15.5. The van der Waals surface area contributed by atoms with Gasteiger partial charge in [0.2, 0.25) is 0 Å². The first-order valence-corrected chi connectivity index (χ1v) is 9.83. The number of benzene rings is 2. The van der Waals surface area contributed by atoms with Gasteiger partial charge in [-0.1, -0.05) is 61.7 Å². The van der Waals surface area contributed by atoms with Gasteiger partial charge in [0.25, 0.3) is 0 Å². The maximum Gasteiger partial charge on any atom is 0.407 e. The highest BCUT2D eigenvalue weighted by Crippen LogP contribution is 2.29. The molecule has 8 heteroatoms. The van der Waals surface area contributed by atoms with Gasteiger partial charge in [0.05, 0.1) is 6.54 Å². The van der Waals surface area contributed by atoms with E-state index < -0.39 is 24.1 Å². The normalized spacial score (nSPS) is 10.9. The lowest BCUT2D eigenvalue weighted by molar-refractivity contribution is -0.146. The lowest BCUT2D eigenvalue weighted by Gasteiger charge is -2.19. The van der Waals surface area contributed by atoms with Gasteiger partial charge >= 0.3 is 18.0 Å². The van der Waals surface area contributed by atoms with Gasteiger partial charge in [-0.3, -0.25) is 0 Å². The van der Waals surface area contributed by atoms with Crippen molar-refractivity contribution in [2.75, 3.05) is 26.4 Å². The van der Waals surface area contributed by atoms with Gasteiger partial charge in [-0.15, -0.1) is 0 Å². The molecule has 0 saturated carbocycles. The highest BCUT2D eigenvalue weighted by Gasteiger charge is 2.18. The van der Waals surface area contributed by atoms with Crippen molar-refractivity contribution < 1.29 is 33.3 Å². The van der Waals surface area contributed by atoms with Gasteiger partial charge in [-0.25, -0.2) is 14.4 Å². The molecular formula is C24H25NO7. The summed E-state index contributed by atoms with van der Waals surface area (Å²) in [6, 6.07) is 17.1. The summed E-state index contributed by atoms with van der Waals surface area (Å²) in [6.07, 6.45) is 0.406. The molecule has 2 aromatic rings. The molecule has 2 rings (SSSR count). The summed E-state index contributed by atoms with van der Waals surface area (Å²) in [6.45, 7) is 6.36. The summed E-state index contributed by atoms with van der Waals surface area (Å²) in [4.78, 5) is 34.4. The van der Waals surface area contributed by atoms with Crippen LogP contribution < -0.4 is 10.1 Å². The van der Waals surface area contributed by atoms with Crippen molar-refractivity contribution in [2.24, 2.45) is 0 Å². The molecule has 32 heavy (non-hydrogen) atoms. The van der Waals surface area contributed by atoms with E-state index in [1.54, 1.807) is 6.07 Å². The number of carbonyl (C=O) groups excluding carboxylic acids is 3. The standard InChI is InChI=1S/C24H25NO7/c1-3-22(26)29-15-14-25-24(28)31-17-19(32-23(27)4-2)16-30-21-13-9-8-12-20(21)18-10-6-5-7-11-18/h3-13,19H,1-2,14-17H2,(H,25,28). The van der Waals surface area contributed by atoms with Crippen LogP contribution in [-0.4, -0.2) is 50.5 Å².